The first-order chi connectivity index (χ1) is 12.8. The molecule has 0 fully saturated rings. The molecule has 2 aromatic rings. The molecule has 0 bridgehead atoms. The van der Waals surface area contributed by atoms with E-state index >= 15 is 0 Å². The van der Waals surface area contributed by atoms with Crippen LogP contribution in [0.3, 0.4) is 0 Å². The lowest BCUT2D eigenvalue weighted by molar-refractivity contribution is -0.137. The Morgan fingerprint density at radius 1 is 1.00 bits per heavy atom. The van der Waals surface area contributed by atoms with Crippen molar-refractivity contribution in [2.45, 2.75) is 23.1 Å². The van der Waals surface area contributed by atoms with Gasteiger partial charge in [0.15, 0.2) is 0 Å². The van der Waals surface area contributed by atoms with E-state index in [1.807, 2.05) is 48.7 Å². The monoisotopic (exact) mass is 385 g/mol. The fourth-order valence-corrected chi connectivity index (χ4v) is 4.06. The minimum absolute atomic E-state index is 0.289. The highest BCUT2D eigenvalue weighted by atomic mass is 32.2. The van der Waals surface area contributed by atoms with Gasteiger partial charge in [-0.1, -0.05) is 66.0 Å². The average molecular weight is 386 g/mol. The van der Waals surface area contributed by atoms with Gasteiger partial charge in [0.05, 0.1) is 10.8 Å². The van der Waals surface area contributed by atoms with Crippen LogP contribution in [0, 0.1) is 0 Å². The summed E-state index contributed by atoms with van der Waals surface area (Å²) >= 11 is 3.46. The summed E-state index contributed by atoms with van der Waals surface area (Å²) in [5, 5.41) is 3.32. The van der Waals surface area contributed by atoms with Crippen molar-refractivity contribution in [3.05, 3.63) is 83.3 Å². The zero-order valence-corrected chi connectivity index (χ0v) is 16.4. The van der Waals surface area contributed by atoms with E-state index in [9.17, 15) is 4.79 Å². The van der Waals surface area contributed by atoms with Gasteiger partial charge in [0, 0.05) is 28.6 Å². The smallest absolute Gasteiger partial charge is 0.330 e. The number of hydrogen-bond acceptors (Lipinski definition) is 5. The van der Waals surface area contributed by atoms with Crippen LogP contribution in [0.4, 0.5) is 0 Å². The van der Waals surface area contributed by atoms with Crippen molar-refractivity contribution in [3.63, 3.8) is 0 Å². The molecule has 0 heterocycles. The van der Waals surface area contributed by atoms with Crippen LogP contribution in [0.1, 0.15) is 13.3 Å². The van der Waals surface area contributed by atoms with E-state index in [2.05, 4.69) is 29.6 Å². The molecule has 136 valence electrons. The lowest BCUT2D eigenvalue weighted by atomic mass is 10.4. The van der Waals surface area contributed by atoms with Crippen molar-refractivity contribution in [2.75, 3.05) is 13.2 Å². The second-order valence-electron chi connectivity index (χ2n) is 5.19. The highest BCUT2D eigenvalue weighted by molar-refractivity contribution is 8.22. The Morgan fingerprint density at radius 3 is 2.12 bits per heavy atom. The van der Waals surface area contributed by atoms with Gasteiger partial charge in [0.2, 0.25) is 0 Å². The maximum atomic E-state index is 11.2. The first-order valence-electron chi connectivity index (χ1n) is 8.50. The fourth-order valence-electron chi connectivity index (χ4n) is 1.98. The third-order valence-electron chi connectivity index (χ3n) is 3.14. The van der Waals surface area contributed by atoms with E-state index in [4.69, 9.17) is 4.74 Å². The number of carbonyl (C=O) groups excluding carboxylic acids is 1. The van der Waals surface area contributed by atoms with Gasteiger partial charge in [-0.3, -0.25) is 0 Å². The van der Waals surface area contributed by atoms with Crippen LogP contribution in [0.15, 0.2) is 93.0 Å². The Morgan fingerprint density at radius 2 is 1.58 bits per heavy atom. The van der Waals surface area contributed by atoms with Crippen LogP contribution in [-0.2, 0) is 9.53 Å². The summed E-state index contributed by atoms with van der Waals surface area (Å²) in [6.07, 6.45) is 6.10. The van der Waals surface area contributed by atoms with Crippen molar-refractivity contribution in [3.8, 4) is 0 Å². The summed E-state index contributed by atoms with van der Waals surface area (Å²) in [5.74, 6) is -0.289. The second-order valence-corrected chi connectivity index (χ2v) is 7.68. The van der Waals surface area contributed by atoms with Crippen molar-refractivity contribution >= 4 is 29.5 Å². The quantitative estimate of drug-likeness (QED) is 0.254. The third kappa shape index (κ3) is 8.32. The summed E-state index contributed by atoms with van der Waals surface area (Å²) < 4.78 is 6.02. The van der Waals surface area contributed by atoms with Crippen LogP contribution >= 0.6 is 23.5 Å². The zero-order valence-electron chi connectivity index (χ0n) is 14.8. The first kappa shape index (κ1) is 20.2. The molecule has 0 saturated carbocycles. The molecule has 0 amide bonds. The number of esters is 1. The van der Waals surface area contributed by atoms with Crippen molar-refractivity contribution in [1.29, 1.82) is 0 Å². The number of ether oxygens (including phenoxy) is 1. The van der Waals surface area contributed by atoms with Crippen molar-refractivity contribution < 1.29 is 9.53 Å². The lowest BCUT2D eigenvalue weighted by Crippen LogP contribution is -2.06. The largest absolute Gasteiger partial charge is 0.463 e. The number of benzene rings is 2. The number of carbonyl (C=O) groups is 1. The number of hydrogen-bond donors (Lipinski definition) is 1. The fraction of sp³-hybridized carbons (Fsp3) is 0.190. The standard InChI is InChI=1S/C21H23NO2S2/c1-2-24-20(23)15-9-10-16-22-17-21(25-18-11-5-3-6-12-18)26-19-13-7-4-8-14-19/h3-9,11-15,17,22H,2,10,16H2,1H3/b15-9+. The Labute approximate surface area is 163 Å². The summed E-state index contributed by atoms with van der Waals surface area (Å²) in [5.41, 5.74) is 0. The Kier molecular flexibility index (Phi) is 9.54. The van der Waals surface area contributed by atoms with Gasteiger partial charge >= 0.3 is 5.97 Å². The number of rotatable bonds is 10. The van der Waals surface area contributed by atoms with Gasteiger partial charge in [0.1, 0.15) is 0 Å². The van der Waals surface area contributed by atoms with Crippen molar-refractivity contribution in [2.24, 2.45) is 0 Å². The summed E-state index contributed by atoms with van der Waals surface area (Å²) in [6.45, 7) is 2.96. The van der Waals surface area contributed by atoms with Crippen LogP contribution in [0.2, 0.25) is 0 Å². The van der Waals surface area contributed by atoms with Gasteiger partial charge < -0.3 is 10.1 Å². The maximum absolute atomic E-state index is 11.2. The Balaban J connectivity index is 1.90. The minimum atomic E-state index is -0.289. The van der Waals surface area contributed by atoms with Crippen molar-refractivity contribution in [1.82, 2.24) is 5.32 Å². The molecule has 1 N–H and O–H groups in total. The molecule has 0 aliphatic heterocycles. The predicted octanol–water partition coefficient (Wildman–Crippen LogP) is 5.47. The SMILES string of the molecule is CCOC(=O)/C=C/CCNC=C(Sc1ccccc1)Sc1ccccc1. The highest BCUT2D eigenvalue weighted by Crippen LogP contribution is 2.38. The number of thioether (sulfide) groups is 2. The van der Waals surface area contributed by atoms with Crippen LogP contribution in [0.25, 0.3) is 0 Å². The van der Waals surface area contributed by atoms with E-state index < -0.39 is 0 Å². The Hall–Kier alpha value is -2.11. The van der Waals surface area contributed by atoms with Crippen LogP contribution in [-0.4, -0.2) is 19.1 Å². The molecule has 2 aromatic carbocycles. The normalized spacial score (nSPS) is 10.5. The van der Waals surface area contributed by atoms with Gasteiger partial charge in [-0.2, -0.15) is 0 Å². The molecule has 0 atom stereocenters. The topological polar surface area (TPSA) is 38.3 Å². The highest BCUT2D eigenvalue weighted by Gasteiger charge is 2.03. The second kappa shape index (κ2) is 12.3. The minimum Gasteiger partial charge on any atom is -0.463 e. The van der Waals surface area contributed by atoms with Gasteiger partial charge in [-0.15, -0.1) is 0 Å². The molecule has 0 unspecified atom stereocenters. The molecule has 0 aromatic heterocycles. The molecule has 26 heavy (non-hydrogen) atoms. The molecule has 2 rings (SSSR count). The molecule has 0 spiro atoms. The maximum Gasteiger partial charge on any atom is 0.330 e. The summed E-state index contributed by atoms with van der Waals surface area (Å²) in [6, 6.07) is 20.6. The molecule has 0 saturated heterocycles. The van der Waals surface area contributed by atoms with E-state index in [0.29, 0.717) is 6.61 Å². The molecular formula is C21H23NO2S2. The van der Waals surface area contributed by atoms with Crippen LogP contribution in [0.5, 0.6) is 0 Å². The summed E-state index contributed by atoms with van der Waals surface area (Å²) in [4.78, 5) is 13.6. The number of nitrogens with one attached hydrogen (secondary N) is 1. The van der Waals surface area contributed by atoms with E-state index in [-0.39, 0.29) is 5.97 Å². The molecule has 0 radical (unpaired) electrons. The summed E-state index contributed by atoms with van der Waals surface area (Å²) in [7, 11) is 0. The molecule has 0 aliphatic carbocycles. The predicted molar refractivity (Wildman–Crippen MR) is 111 cm³/mol. The molecular weight excluding hydrogens is 362 g/mol. The third-order valence-corrected chi connectivity index (χ3v) is 5.29. The Bertz CT molecular complexity index is 672. The average Bonchev–Trinajstić information content (AvgIpc) is 2.66. The van der Waals surface area contributed by atoms with Gasteiger partial charge in [-0.25, -0.2) is 4.79 Å². The lowest BCUT2D eigenvalue weighted by Gasteiger charge is -2.08. The molecule has 5 heteroatoms. The van der Waals surface area contributed by atoms with E-state index in [1.54, 1.807) is 30.4 Å². The zero-order chi connectivity index (χ0) is 18.5. The molecule has 3 nitrogen and oxygen atoms in total. The molecule has 0 aliphatic rings. The van der Waals surface area contributed by atoms with E-state index in [1.165, 1.54) is 15.9 Å². The van der Waals surface area contributed by atoms with Gasteiger partial charge in [-0.05, 0) is 37.6 Å². The van der Waals surface area contributed by atoms with E-state index in [0.717, 1.165) is 17.2 Å². The van der Waals surface area contributed by atoms with Crippen LogP contribution < -0.4 is 5.32 Å². The van der Waals surface area contributed by atoms with Gasteiger partial charge in [0.25, 0.3) is 0 Å². The first-order valence-corrected chi connectivity index (χ1v) is 10.1.